The molecule has 8 aliphatic rings. The number of ether oxygens (including phenoxy) is 5. The van der Waals surface area contributed by atoms with Crippen molar-refractivity contribution in [1.82, 2.24) is 20.1 Å². The molecule has 0 aliphatic carbocycles. The predicted octanol–water partition coefficient (Wildman–Crippen LogP) is 4.57. The Morgan fingerprint density at radius 2 is 1.87 bits per heavy atom. The zero-order chi connectivity index (χ0) is 38.3. The van der Waals surface area contributed by atoms with Crippen LogP contribution in [0.1, 0.15) is 75.8 Å². The van der Waals surface area contributed by atoms with E-state index in [-0.39, 0.29) is 43.9 Å². The molecule has 2 fully saturated rings. The molecule has 3 aromatic carbocycles. The zero-order valence-electron chi connectivity index (χ0n) is 31.6. The number of carbonyl (C=O) groups is 2. The van der Waals surface area contributed by atoms with Crippen LogP contribution in [0.15, 0.2) is 30.3 Å². The monoisotopic (exact) mass is 768 g/mol. The molecule has 14 heteroatoms. The molecule has 4 aromatic rings. The number of hydrogen-bond acceptors (Lipinski definition) is 13. The van der Waals surface area contributed by atoms with Crippen LogP contribution in [0.4, 0.5) is 0 Å². The van der Waals surface area contributed by atoms with E-state index in [4.69, 9.17) is 23.7 Å². The number of para-hydroxylation sites is 1. The molecule has 1 aromatic heterocycles. The zero-order valence-corrected chi connectivity index (χ0v) is 32.4. The summed E-state index contributed by atoms with van der Waals surface area (Å²) in [5.74, 6) is 1.05. The summed E-state index contributed by atoms with van der Waals surface area (Å²) in [4.78, 5) is 35.7. The number of thioether (sulfide) groups is 1. The molecule has 0 amide bonds. The van der Waals surface area contributed by atoms with Gasteiger partial charge in [-0.2, -0.15) is 0 Å². The molecule has 288 valence electrons. The highest BCUT2D eigenvalue weighted by Crippen LogP contribution is 2.65. The maximum absolute atomic E-state index is 15.0. The fraction of sp³-hybridized carbons (Fsp3) is 0.463. The minimum absolute atomic E-state index is 0.0362. The van der Waals surface area contributed by atoms with Crippen molar-refractivity contribution in [1.29, 1.82) is 0 Å². The number of phenolic OH excluding ortho intramolecular Hbond substituents is 1. The minimum Gasteiger partial charge on any atom is -0.504 e. The number of likely N-dealkylation sites (N-methyl/N-ethyl adjacent to an activating group) is 1. The molecule has 8 aliphatic heterocycles. The third kappa shape index (κ3) is 4.69. The first-order valence-electron chi connectivity index (χ1n) is 18.8. The molecule has 13 nitrogen and oxygen atoms in total. The van der Waals surface area contributed by atoms with Crippen LogP contribution in [0.2, 0.25) is 0 Å². The largest absolute Gasteiger partial charge is 0.504 e. The van der Waals surface area contributed by atoms with Crippen molar-refractivity contribution in [2.45, 2.75) is 81.2 Å². The molecule has 12 rings (SSSR count). The highest BCUT2D eigenvalue weighted by molar-refractivity contribution is 7.99. The van der Waals surface area contributed by atoms with Crippen molar-refractivity contribution in [3.63, 3.8) is 0 Å². The summed E-state index contributed by atoms with van der Waals surface area (Å²) >= 11 is 1.55. The SMILES string of the molecule is COc1c(C)cc2c(c1O)[C@H]1[C@@H]3[C@@H]4SC[C@]5(N[C@H](C)Cc6c5[nH]c5ccccc65)C(=O)OCC(c5c6c(c(C)c(OC(C)=O)c54)OCO6)N3C(O)(C2)CN1C. The molecule has 0 radical (unpaired) electrons. The van der Waals surface area contributed by atoms with Gasteiger partial charge in [-0.3, -0.25) is 19.9 Å². The van der Waals surface area contributed by atoms with Crippen LogP contribution in [0.5, 0.6) is 28.7 Å². The number of piperazine rings is 1. The Labute approximate surface area is 322 Å². The second-order valence-electron chi connectivity index (χ2n) is 16.0. The summed E-state index contributed by atoms with van der Waals surface area (Å²) in [6.45, 7) is 7.26. The number of aromatic amines is 1. The van der Waals surface area contributed by atoms with E-state index in [0.717, 1.165) is 45.3 Å². The summed E-state index contributed by atoms with van der Waals surface area (Å²) in [5.41, 5.74) is 4.30. The molecule has 1 spiro atoms. The molecule has 3 unspecified atom stereocenters. The number of esters is 2. The topological polar surface area (TPSA) is 155 Å². The molecule has 4 N–H and O–H groups in total. The normalized spacial score (nSPS) is 31.7. The van der Waals surface area contributed by atoms with E-state index >= 15 is 0 Å². The lowest BCUT2D eigenvalue weighted by Gasteiger charge is -2.60. The van der Waals surface area contributed by atoms with Gasteiger partial charge >= 0.3 is 11.9 Å². The van der Waals surface area contributed by atoms with Crippen LogP contribution in [0.25, 0.3) is 10.9 Å². The van der Waals surface area contributed by atoms with Crippen molar-refractivity contribution in [2.75, 3.05) is 39.9 Å². The first-order valence-corrected chi connectivity index (χ1v) is 19.8. The Balaban J connectivity index is 1.26. The van der Waals surface area contributed by atoms with E-state index in [0.29, 0.717) is 39.7 Å². The number of phenols is 1. The Hall–Kier alpha value is -4.47. The van der Waals surface area contributed by atoms with Crippen LogP contribution < -0.4 is 24.3 Å². The fourth-order valence-corrected chi connectivity index (χ4v) is 12.5. The quantitative estimate of drug-likeness (QED) is 0.167. The van der Waals surface area contributed by atoms with Crippen molar-refractivity contribution in [3.8, 4) is 28.7 Å². The lowest BCUT2D eigenvalue weighted by molar-refractivity contribution is -0.215. The predicted molar refractivity (Wildman–Crippen MR) is 203 cm³/mol. The molecule has 55 heavy (non-hydrogen) atoms. The Kier molecular flexibility index (Phi) is 7.64. The Morgan fingerprint density at radius 3 is 2.65 bits per heavy atom. The van der Waals surface area contributed by atoms with Crippen LogP contribution in [0, 0.1) is 13.8 Å². The minimum atomic E-state index is -1.49. The lowest BCUT2D eigenvalue weighted by atomic mass is 9.78. The third-order valence-corrected chi connectivity index (χ3v) is 14.1. The van der Waals surface area contributed by atoms with E-state index in [2.05, 4.69) is 33.1 Å². The Morgan fingerprint density at radius 1 is 1.09 bits per heavy atom. The number of benzene rings is 3. The van der Waals surface area contributed by atoms with Crippen molar-refractivity contribution in [2.24, 2.45) is 0 Å². The summed E-state index contributed by atoms with van der Waals surface area (Å²) in [6.07, 6.45) is 0.916. The molecule has 0 saturated carbocycles. The van der Waals surface area contributed by atoms with Crippen molar-refractivity contribution in [3.05, 3.63) is 75.0 Å². The van der Waals surface area contributed by atoms with E-state index in [1.807, 2.05) is 45.2 Å². The second-order valence-corrected chi connectivity index (χ2v) is 17.2. The summed E-state index contributed by atoms with van der Waals surface area (Å²) in [6, 6.07) is 8.28. The van der Waals surface area contributed by atoms with Gasteiger partial charge in [-0.15, -0.1) is 11.8 Å². The number of nitrogens with one attached hydrogen (secondary N) is 2. The number of nitrogens with zero attached hydrogens (tertiary/aromatic N) is 2. The fourth-order valence-electron chi connectivity index (χ4n) is 10.8. The smallest absolute Gasteiger partial charge is 0.333 e. The van der Waals surface area contributed by atoms with Gasteiger partial charge in [0.15, 0.2) is 28.5 Å². The first-order chi connectivity index (χ1) is 26.4. The Bertz CT molecular complexity index is 2350. The van der Waals surface area contributed by atoms with E-state index < -0.39 is 46.6 Å². The molecule has 9 heterocycles. The maximum Gasteiger partial charge on any atom is 0.333 e. The van der Waals surface area contributed by atoms with Crippen molar-refractivity contribution >= 4 is 34.6 Å². The molecular formula is C41H44N4O9S. The number of H-pyrrole nitrogens is 1. The standard InChI is InChI=1S/C41H44N4O9S/c1-18-11-22-13-40(49)15-44(5)30(27(22)32(47)33(18)50-6)31-37-29-28(36-35(52-17-53-36)20(3)34(29)54-21(4)46)26(45(31)40)14-51-39(48)41(16-55-37)38-24(12-19(2)43-41)23-9-7-8-10-25(23)42-38/h7-11,19,26,30-31,37,42-43,47,49H,12-17H2,1-6H3/t19-,26?,30+,31-,37-,40?,41-/m1/s1. The molecule has 4 bridgehead atoms. The number of rotatable bonds is 2. The average molecular weight is 769 g/mol. The van der Waals surface area contributed by atoms with Gasteiger partial charge in [0, 0.05) is 70.9 Å². The summed E-state index contributed by atoms with van der Waals surface area (Å²) < 4.78 is 30.8. The van der Waals surface area contributed by atoms with Crippen LogP contribution >= 0.6 is 11.8 Å². The lowest BCUT2D eigenvalue weighted by Crippen LogP contribution is -2.70. The molecule has 8 atom stereocenters. The average Bonchev–Trinajstić information content (AvgIpc) is 3.73. The van der Waals surface area contributed by atoms with Gasteiger partial charge in [0.25, 0.3) is 0 Å². The highest BCUT2D eigenvalue weighted by atomic mass is 32.2. The van der Waals surface area contributed by atoms with E-state index in [1.165, 1.54) is 6.92 Å². The second kappa shape index (κ2) is 12.0. The number of carbonyl (C=O) groups excluding carboxylic acids is 2. The number of aromatic hydroxyl groups is 1. The van der Waals surface area contributed by atoms with Crippen LogP contribution in [-0.2, 0) is 32.7 Å². The maximum atomic E-state index is 15.0. The first kappa shape index (κ1) is 35.0. The van der Waals surface area contributed by atoms with Gasteiger partial charge in [-0.1, -0.05) is 24.3 Å². The van der Waals surface area contributed by atoms with Gasteiger partial charge in [0.2, 0.25) is 6.79 Å². The van der Waals surface area contributed by atoms with Crippen LogP contribution in [0.3, 0.4) is 0 Å². The van der Waals surface area contributed by atoms with E-state index in [9.17, 15) is 19.8 Å². The number of methoxy groups -OCH3 is 1. The van der Waals surface area contributed by atoms with Crippen LogP contribution in [-0.4, -0.2) is 94.6 Å². The van der Waals surface area contributed by atoms with Gasteiger partial charge in [-0.25, -0.2) is 4.79 Å². The number of fused-ring (bicyclic) bond motifs is 8. The number of aliphatic hydroxyl groups is 1. The van der Waals surface area contributed by atoms with Gasteiger partial charge in [0.05, 0.1) is 30.1 Å². The van der Waals surface area contributed by atoms with Gasteiger partial charge in [0.1, 0.15) is 18.1 Å². The molecular weight excluding hydrogens is 725 g/mol. The summed E-state index contributed by atoms with van der Waals surface area (Å²) in [7, 11) is 3.51. The molecule has 2 saturated heterocycles. The number of hydrogen-bond donors (Lipinski definition) is 4. The third-order valence-electron chi connectivity index (χ3n) is 12.7. The number of aryl methyl sites for hydroxylation is 1. The van der Waals surface area contributed by atoms with Crippen molar-refractivity contribution < 1.29 is 43.5 Å². The van der Waals surface area contributed by atoms with Gasteiger partial charge < -0.3 is 38.9 Å². The number of aromatic nitrogens is 1. The summed E-state index contributed by atoms with van der Waals surface area (Å²) in [5, 5.41) is 29.5. The highest BCUT2D eigenvalue weighted by Gasteiger charge is 2.64. The van der Waals surface area contributed by atoms with Gasteiger partial charge in [-0.05, 0) is 57.0 Å². The van der Waals surface area contributed by atoms with E-state index in [1.54, 1.807) is 18.9 Å².